The molecule has 0 aliphatic rings. The molecule has 1 rings (SSSR count). The third-order valence-corrected chi connectivity index (χ3v) is 2.16. The van der Waals surface area contributed by atoms with Crippen LogP contribution in [-0.2, 0) is 10.8 Å². The van der Waals surface area contributed by atoms with Crippen molar-refractivity contribution in [3.05, 3.63) is 18.1 Å². The average Bonchev–Trinajstić information content (AvgIpc) is 2.13. The van der Waals surface area contributed by atoms with Gasteiger partial charge in [-0.25, -0.2) is 0 Å². The van der Waals surface area contributed by atoms with Crippen molar-refractivity contribution in [1.29, 1.82) is 0 Å². The van der Waals surface area contributed by atoms with Crippen LogP contribution in [0, 0.1) is 6.92 Å². The molecule has 0 aromatic carbocycles. The molecule has 9 heavy (non-hydrogen) atoms. The second kappa shape index (κ2) is 2.35. The molecule has 2 nitrogen and oxygen atoms in total. The second-order valence-electron chi connectivity index (χ2n) is 1.87. The summed E-state index contributed by atoms with van der Waals surface area (Å²) in [4.78, 5) is 0.787. The van der Waals surface area contributed by atoms with E-state index in [1.165, 1.54) is 6.26 Å². The number of hydrogen-bond donors (Lipinski definition) is 0. The lowest BCUT2D eigenvalue weighted by Gasteiger charge is -1.87. The van der Waals surface area contributed by atoms with Gasteiger partial charge in [0, 0.05) is 11.8 Å². The number of hydrogen-bond acceptors (Lipinski definition) is 2. The molecule has 50 valence electrons. The SMILES string of the molecule is Cc1cocc1S(C)=O. The van der Waals surface area contributed by atoms with Crippen molar-refractivity contribution in [2.45, 2.75) is 11.8 Å². The Balaban J connectivity index is 3.08. The minimum atomic E-state index is -0.903. The highest BCUT2D eigenvalue weighted by Crippen LogP contribution is 2.11. The van der Waals surface area contributed by atoms with E-state index < -0.39 is 10.8 Å². The smallest absolute Gasteiger partial charge is 0.107 e. The zero-order chi connectivity index (χ0) is 6.85. The Morgan fingerprint density at radius 1 is 1.56 bits per heavy atom. The van der Waals surface area contributed by atoms with Crippen molar-refractivity contribution in [3.63, 3.8) is 0 Å². The fourth-order valence-electron chi connectivity index (χ4n) is 0.643. The molecule has 0 saturated heterocycles. The Morgan fingerprint density at radius 2 is 2.22 bits per heavy atom. The Labute approximate surface area is 56.3 Å². The van der Waals surface area contributed by atoms with E-state index in [1.807, 2.05) is 6.92 Å². The van der Waals surface area contributed by atoms with Crippen LogP contribution in [0.3, 0.4) is 0 Å². The van der Waals surface area contributed by atoms with Crippen molar-refractivity contribution < 1.29 is 8.63 Å². The molecule has 0 bridgehead atoms. The van der Waals surface area contributed by atoms with Crippen LogP contribution >= 0.6 is 0 Å². The van der Waals surface area contributed by atoms with Gasteiger partial charge < -0.3 is 4.42 Å². The summed E-state index contributed by atoms with van der Waals surface area (Å²) in [6.07, 6.45) is 4.75. The van der Waals surface area contributed by atoms with Crippen LogP contribution in [0.4, 0.5) is 0 Å². The monoisotopic (exact) mass is 144 g/mol. The van der Waals surface area contributed by atoms with E-state index >= 15 is 0 Å². The summed E-state index contributed by atoms with van der Waals surface area (Å²) in [6.45, 7) is 1.88. The minimum absolute atomic E-state index is 0.787. The first-order chi connectivity index (χ1) is 4.22. The predicted octanol–water partition coefficient (Wildman–Crippen LogP) is 1.33. The molecule has 0 N–H and O–H groups in total. The van der Waals surface area contributed by atoms with Gasteiger partial charge >= 0.3 is 0 Å². The number of aryl methyl sites for hydroxylation is 1. The number of rotatable bonds is 1. The van der Waals surface area contributed by atoms with Crippen LogP contribution in [0.15, 0.2) is 21.8 Å². The van der Waals surface area contributed by atoms with Crippen LogP contribution < -0.4 is 0 Å². The number of furan rings is 1. The Morgan fingerprint density at radius 3 is 2.44 bits per heavy atom. The molecule has 0 fully saturated rings. The molecule has 1 atom stereocenters. The maximum absolute atomic E-state index is 10.8. The van der Waals surface area contributed by atoms with E-state index in [1.54, 1.807) is 12.5 Å². The van der Waals surface area contributed by atoms with Crippen LogP contribution in [0.5, 0.6) is 0 Å². The molecule has 1 heterocycles. The van der Waals surface area contributed by atoms with E-state index in [0.29, 0.717) is 0 Å². The van der Waals surface area contributed by atoms with Crippen LogP contribution in [0.25, 0.3) is 0 Å². The van der Waals surface area contributed by atoms with Crippen molar-refractivity contribution in [3.8, 4) is 0 Å². The molecule has 0 spiro atoms. The van der Waals surface area contributed by atoms with Crippen molar-refractivity contribution in [1.82, 2.24) is 0 Å². The van der Waals surface area contributed by atoms with E-state index in [-0.39, 0.29) is 0 Å². The molecular weight excluding hydrogens is 136 g/mol. The predicted molar refractivity (Wildman–Crippen MR) is 35.8 cm³/mol. The summed E-state index contributed by atoms with van der Waals surface area (Å²) < 4.78 is 15.6. The second-order valence-corrected chi connectivity index (χ2v) is 3.22. The summed E-state index contributed by atoms with van der Waals surface area (Å²) >= 11 is 0. The first-order valence-electron chi connectivity index (χ1n) is 2.58. The summed E-state index contributed by atoms with van der Waals surface area (Å²) in [7, 11) is -0.903. The molecule has 0 saturated carbocycles. The molecule has 0 radical (unpaired) electrons. The molecular formula is C6H8O2S. The van der Waals surface area contributed by atoms with Gasteiger partial charge in [0.1, 0.15) is 6.26 Å². The summed E-state index contributed by atoms with van der Waals surface area (Å²) in [5, 5.41) is 0. The van der Waals surface area contributed by atoms with Gasteiger partial charge in [-0.2, -0.15) is 0 Å². The van der Waals surface area contributed by atoms with Crippen LogP contribution in [0.1, 0.15) is 5.56 Å². The third kappa shape index (κ3) is 1.21. The van der Waals surface area contributed by atoms with Crippen LogP contribution in [-0.4, -0.2) is 10.5 Å². The first-order valence-corrected chi connectivity index (χ1v) is 4.14. The first kappa shape index (κ1) is 6.55. The lowest BCUT2D eigenvalue weighted by atomic mass is 10.4. The molecule has 0 amide bonds. The van der Waals surface area contributed by atoms with Crippen molar-refractivity contribution in [2.75, 3.05) is 6.26 Å². The topological polar surface area (TPSA) is 30.2 Å². The van der Waals surface area contributed by atoms with E-state index in [2.05, 4.69) is 0 Å². The van der Waals surface area contributed by atoms with Gasteiger partial charge in [0.15, 0.2) is 0 Å². The van der Waals surface area contributed by atoms with Gasteiger partial charge in [-0.15, -0.1) is 0 Å². The Kier molecular flexibility index (Phi) is 1.71. The highest BCUT2D eigenvalue weighted by molar-refractivity contribution is 7.84. The molecule has 0 aliphatic heterocycles. The van der Waals surface area contributed by atoms with Gasteiger partial charge in [0.25, 0.3) is 0 Å². The van der Waals surface area contributed by atoms with Gasteiger partial charge in [0.2, 0.25) is 0 Å². The zero-order valence-corrected chi connectivity index (χ0v) is 6.20. The summed E-state index contributed by atoms with van der Waals surface area (Å²) in [6, 6.07) is 0. The van der Waals surface area contributed by atoms with Gasteiger partial charge in [-0.05, 0) is 6.92 Å². The van der Waals surface area contributed by atoms with E-state index in [0.717, 1.165) is 10.5 Å². The lowest BCUT2D eigenvalue weighted by Crippen LogP contribution is -1.84. The van der Waals surface area contributed by atoms with Gasteiger partial charge in [-0.3, -0.25) is 4.21 Å². The standard InChI is InChI=1S/C6H8O2S/c1-5-3-8-4-6(5)9(2)7/h3-4H,1-2H3. The maximum atomic E-state index is 10.8. The summed E-state index contributed by atoms with van der Waals surface area (Å²) in [5.74, 6) is 0. The van der Waals surface area contributed by atoms with Crippen LogP contribution in [0.2, 0.25) is 0 Å². The average molecular weight is 144 g/mol. The van der Waals surface area contributed by atoms with E-state index in [4.69, 9.17) is 4.42 Å². The Hall–Kier alpha value is -0.570. The Bertz CT molecular complexity index is 227. The fourth-order valence-corrected chi connectivity index (χ4v) is 1.34. The highest BCUT2D eigenvalue weighted by Gasteiger charge is 2.02. The van der Waals surface area contributed by atoms with Crippen molar-refractivity contribution in [2.24, 2.45) is 0 Å². The van der Waals surface area contributed by atoms with Gasteiger partial charge in [-0.1, -0.05) is 0 Å². The fraction of sp³-hybridized carbons (Fsp3) is 0.333. The third-order valence-electron chi connectivity index (χ3n) is 1.12. The molecule has 3 heteroatoms. The quantitative estimate of drug-likeness (QED) is 0.595. The highest BCUT2D eigenvalue weighted by atomic mass is 32.2. The summed E-state index contributed by atoms with van der Waals surface area (Å²) in [5.41, 5.74) is 0.954. The zero-order valence-electron chi connectivity index (χ0n) is 5.38. The normalized spacial score (nSPS) is 13.6. The molecule has 0 aliphatic carbocycles. The molecule has 1 aromatic heterocycles. The maximum Gasteiger partial charge on any atom is 0.107 e. The van der Waals surface area contributed by atoms with Crippen molar-refractivity contribution >= 4 is 10.8 Å². The van der Waals surface area contributed by atoms with Gasteiger partial charge in [0.05, 0.1) is 22.0 Å². The molecule has 1 aromatic rings. The van der Waals surface area contributed by atoms with E-state index in [9.17, 15) is 4.21 Å². The minimum Gasteiger partial charge on any atom is -0.471 e. The lowest BCUT2D eigenvalue weighted by molar-refractivity contribution is 0.560. The molecule has 1 unspecified atom stereocenters. The largest absolute Gasteiger partial charge is 0.471 e.